The van der Waals surface area contributed by atoms with Crippen LogP contribution in [0.5, 0.6) is 0 Å². The van der Waals surface area contributed by atoms with Crippen LogP contribution in [0.4, 0.5) is 8.78 Å². The van der Waals surface area contributed by atoms with Crippen LogP contribution in [0.2, 0.25) is 0 Å². The average Bonchev–Trinajstić information content (AvgIpc) is 3.03. The minimum atomic E-state index is -0.443. The summed E-state index contributed by atoms with van der Waals surface area (Å²) in [5, 5.41) is 15.6. The van der Waals surface area contributed by atoms with Crippen molar-refractivity contribution in [2.45, 2.75) is 19.3 Å². The first-order valence-electron chi connectivity index (χ1n) is 8.16. The van der Waals surface area contributed by atoms with Gasteiger partial charge in [-0.15, -0.1) is 24.0 Å². The Labute approximate surface area is 164 Å². The smallest absolute Gasteiger partial charge is 0.191 e. The lowest BCUT2D eigenvalue weighted by molar-refractivity contribution is 0.127. The number of hydrogen-bond donors (Lipinski definition) is 3. The molecule has 0 amide bonds. The van der Waals surface area contributed by atoms with Crippen molar-refractivity contribution in [2.75, 3.05) is 40.0 Å². The van der Waals surface area contributed by atoms with Gasteiger partial charge in [0.2, 0.25) is 0 Å². The molecule has 0 spiro atoms. The molecule has 0 bridgehead atoms. The number of halogens is 3. The largest absolute Gasteiger partial charge is 0.396 e. The van der Waals surface area contributed by atoms with E-state index in [0.29, 0.717) is 50.7 Å². The van der Waals surface area contributed by atoms with Crippen molar-refractivity contribution in [3.8, 4) is 0 Å². The maximum Gasteiger partial charge on any atom is 0.191 e. The molecule has 1 unspecified atom stereocenters. The number of aliphatic imine (C=N–C) groups is 1. The Bertz CT molecular complexity index is 567. The lowest BCUT2D eigenvalue weighted by Gasteiger charge is -2.27. The van der Waals surface area contributed by atoms with Gasteiger partial charge >= 0.3 is 0 Å². The normalized spacial score (nSPS) is 20.2. The predicted molar refractivity (Wildman–Crippen MR) is 104 cm³/mol. The molecule has 3 N–H and O–H groups in total. The second-order valence-electron chi connectivity index (χ2n) is 6.11. The standard InChI is InChI=1S/C17H25F2N3O2.HI/c1-20-16(22-11-17(5-8-23)6-9-24-12-17)21-7-4-13-10-14(18)2-3-15(13)19;/h2-3,10,23H,4-9,11-12H2,1H3,(H2,20,21,22);1H. The van der Waals surface area contributed by atoms with Gasteiger partial charge in [0, 0.05) is 38.8 Å². The topological polar surface area (TPSA) is 65.9 Å². The van der Waals surface area contributed by atoms with E-state index >= 15 is 0 Å². The molecule has 0 radical (unpaired) electrons. The first-order chi connectivity index (χ1) is 11.6. The molecule has 1 atom stereocenters. The fourth-order valence-corrected chi connectivity index (χ4v) is 2.85. The maximum absolute atomic E-state index is 13.6. The van der Waals surface area contributed by atoms with Crippen LogP contribution in [0.15, 0.2) is 23.2 Å². The Morgan fingerprint density at radius 3 is 2.80 bits per heavy atom. The summed E-state index contributed by atoms with van der Waals surface area (Å²) in [5.74, 6) is -0.261. The van der Waals surface area contributed by atoms with Crippen LogP contribution >= 0.6 is 24.0 Å². The quantitative estimate of drug-likeness (QED) is 0.325. The molecule has 1 fully saturated rings. The third-order valence-electron chi connectivity index (χ3n) is 4.38. The number of nitrogens with one attached hydrogen (secondary N) is 2. The van der Waals surface area contributed by atoms with E-state index in [1.54, 1.807) is 7.05 Å². The second-order valence-corrected chi connectivity index (χ2v) is 6.11. The maximum atomic E-state index is 13.6. The van der Waals surface area contributed by atoms with Crippen LogP contribution in [0.1, 0.15) is 18.4 Å². The number of rotatable bonds is 7. The molecule has 0 aromatic heterocycles. The van der Waals surface area contributed by atoms with Gasteiger partial charge in [-0.1, -0.05) is 0 Å². The van der Waals surface area contributed by atoms with Gasteiger partial charge in [-0.25, -0.2) is 8.78 Å². The summed E-state index contributed by atoms with van der Waals surface area (Å²) in [6.45, 7) is 2.51. The van der Waals surface area contributed by atoms with E-state index in [-0.39, 0.29) is 36.0 Å². The fraction of sp³-hybridized carbons (Fsp3) is 0.588. The molecule has 1 saturated heterocycles. The van der Waals surface area contributed by atoms with E-state index in [1.807, 2.05) is 0 Å². The predicted octanol–water partition coefficient (Wildman–Crippen LogP) is 2.08. The summed E-state index contributed by atoms with van der Waals surface area (Å²) >= 11 is 0. The molecule has 0 aliphatic carbocycles. The molecule has 5 nitrogen and oxygen atoms in total. The van der Waals surface area contributed by atoms with Crippen LogP contribution in [-0.4, -0.2) is 51.0 Å². The molecule has 2 rings (SSSR count). The lowest BCUT2D eigenvalue weighted by Crippen LogP contribution is -2.45. The molecule has 1 aromatic carbocycles. The molecule has 8 heteroatoms. The first kappa shape index (κ1) is 22.0. The zero-order valence-corrected chi connectivity index (χ0v) is 16.7. The SMILES string of the molecule is CN=C(NCCc1cc(F)ccc1F)NCC1(CCO)CCOC1.I. The second kappa shape index (κ2) is 10.9. The van der Waals surface area contributed by atoms with Crippen LogP contribution in [0.25, 0.3) is 0 Å². The number of ether oxygens (including phenoxy) is 1. The Hall–Kier alpha value is -1.00. The zero-order valence-electron chi connectivity index (χ0n) is 14.4. The number of nitrogens with zero attached hydrogens (tertiary/aromatic N) is 1. The summed E-state index contributed by atoms with van der Waals surface area (Å²) in [6, 6.07) is 3.45. The van der Waals surface area contributed by atoms with E-state index in [9.17, 15) is 13.9 Å². The summed E-state index contributed by atoms with van der Waals surface area (Å²) in [4.78, 5) is 4.13. The van der Waals surface area contributed by atoms with Crippen LogP contribution in [0, 0.1) is 17.0 Å². The van der Waals surface area contributed by atoms with Gasteiger partial charge in [-0.3, -0.25) is 4.99 Å². The van der Waals surface area contributed by atoms with Gasteiger partial charge in [0.15, 0.2) is 5.96 Å². The highest BCUT2D eigenvalue weighted by Crippen LogP contribution is 2.31. The van der Waals surface area contributed by atoms with E-state index < -0.39 is 11.6 Å². The molecule has 1 aromatic rings. The van der Waals surface area contributed by atoms with Crippen molar-refractivity contribution in [1.82, 2.24) is 10.6 Å². The number of guanidine groups is 1. The van der Waals surface area contributed by atoms with Crippen LogP contribution < -0.4 is 10.6 Å². The van der Waals surface area contributed by atoms with Gasteiger partial charge < -0.3 is 20.5 Å². The minimum Gasteiger partial charge on any atom is -0.396 e. The first-order valence-corrected chi connectivity index (χ1v) is 8.16. The lowest BCUT2D eigenvalue weighted by atomic mass is 9.84. The van der Waals surface area contributed by atoms with Gasteiger partial charge in [-0.05, 0) is 43.0 Å². The van der Waals surface area contributed by atoms with Crippen molar-refractivity contribution in [3.05, 3.63) is 35.4 Å². The zero-order chi connectivity index (χ0) is 17.4. The number of aliphatic hydroxyl groups excluding tert-OH is 1. The highest BCUT2D eigenvalue weighted by Gasteiger charge is 2.34. The number of aliphatic hydroxyl groups is 1. The van der Waals surface area contributed by atoms with E-state index in [1.165, 1.54) is 6.07 Å². The molecule has 142 valence electrons. The van der Waals surface area contributed by atoms with Gasteiger partial charge in [-0.2, -0.15) is 0 Å². The van der Waals surface area contributed by atoms with Gasteiger partial charge in [0.25, 0.3) is 0 Å². The summed E-state index contributed by atoms with van der Waals surface area (Å²) < 4.78 is 32.2. The van der Waals surface area contributed by atoms with Crippen LogP contribution in [-0.2, 0) is 11.2 Å². The highest BCUT2D eigenvalue weighted by atomic mass is 127. The number of benzene rings is 1. The third kappa shape index (κ3) is 6.67. The summed E-state index contributed by atoms with van der Waals surface area (Å²) in [6.07, 6.45) is 1.92. The minimum absolute atomic E-state index is 0. The van der Waals surface area contributed by atoms with Crippen molar-refractivity contribution >= 4 is 29.9 Å². The molecule has 1 heterocycles. The molecule has 0 saturated carbocycles. The van der Waals surface area contributed by atoms with Crippen molar-refractivity contribution in [2.24, 2.45) is 10.4 Å². The summed E-state index contributed by atoms with van der Waals surface area (Å²) in [5.41, 5.74) is 0.250. The Kier molecular flexibility index (Phi) is 9.58. The van der Waals surface area contributed by atoms with E-state index in [4.69, 9.17) is 4.74 Å². The van der Waals surface area contributed by atoms with E-state index in [0.717, 1.165) is 18.6 Å². The fourth-order valence-electron chi connectivity index (χ4n) is 2.85. The molecular weight excluding hydrogens is 443 g/mol. The molecule has 1 aliphatic rings. The van der Waals surface area contributed by atoms with Crippen molar-refractivity contribution in [1.29, 1.82) is 0 Å². The monoisotopic (exact) mass is 469 g/mol. The molecule has 1 aliphatic heterocycles. The van der Waals surface area contributed by atoms with Crippen LogP contribution in [0.3, 0.4) is 0 Å². The molecular formula is C17H26F2IN3O2. The number of hydrogen-bond acceptors (Lipinski definition) is 3. The third-order valence-corrected chi connectivity index (χ3v) is 4.38. The Morgan fingerprint density at radius 2 is 2.16 bits per heavy atom. The van der Waals surface area contributed by atoms with Gasteiger partial charge in [0.05, 0.1) is 6.61 Å². The average molecular weight is 469 g/mol. The molecule has 25 heavy (non-hydrogen) atoms. The Balaban J connectivity index is 0.00000312. The highest BCUT2D eigenvalue weighted by molar-refractivity contribution is 14.0. The summed E-state index contributed by atoms with van der Waals surface area (Å²) in [7, 11) is 1.65. The van der Waals surface area contributed by atoms with E-state index in [2.05, 4.69) is 15.6 Å². The Morgan fingerprint density at radius 1 is 1.36 bits per heavy atom. The van der Waals surface area contributed by atoms with Crippen molar-refractivity contribution in [3.63, 3.8) is 0 Å². The van der Waals surface area contributed by atoms with Crippen molar-refractivity contribution < 1.29 is 18.6 Å². The van der Waals surface area contributed by atoms with Gasteiger partial charge in [0.1, 0.15) is 11.6 Å².